The van der Waals surface area contributed by atoms with E-state index >= 15 is 0 Å². The fourth-order valence-corrected chi connectivity index (χ4v) is 5.82. The maximum Gasteiger partial charge on any atom is 0.246 e. The van der Waals surface area contributed by atoms with Gasteiger partial charge in [-0.3, -0.25) is 4.68 Å². The van der Waals surface area contributed by atoms with Crippen LogP contribution in [0.5, 0.6) is 0 Å². The van der Waals surface area contributed by atoms with Crippen molar-refractivity contribution in [1.82, 2.24) is 24.1 Å². The summed E-state index contributed by atoms with van der Waals surface area (Å²) in [5.41, 5.74) is 7.51. The van der Waals surface area contributed by atoms with Crippen LogP contribution in [-0.2, 0) is 17.1 Å². The maximum absolute atomic E-state index is 13.2. The van der Waals surface area contributed by atoms with Gasteiger partial charge in [-0.2, -0.15) is 9.40 Å². The summed E-state index contributed by atoms with van der Waals surface area (Å²) in [6.07, 6.45) is 5.50. The number of rotatable bonds is 5. The van der Waals surface area contributed by atoms with Crippen LogP contribution >= 0.6 is 0 Å². The largest absolute Gasteiger partial charge is 0.341 e. The minimum Gasteiger partial charge on any atom is -0.341 e. The molecule has 2 aromatic rings. The van der Waals surface area contributed by atoms with Gasteiger partial charge in [-0.05, 0) is 38.3 Å². The van der Waals surface area contributed by atoms with E-state index in [9.17, 15) is 8.42 Å². The number of hydrogen-bond donors (Lipinski definition) is 1. The van der Waals surface area contributed by atoms with Gasteiger partial charge < -0.3 is 10.6 Å². The zero-order valence-electron chi connectivity index (χ0n) is 16.3. The Labute approximate surface area is 165 Å². The SMILES string of the molecule is Cc1c(S(=O)(=O)N2C[C@H](CN)[C@@H](c3ccnc(N4CCCC4)n3)C2)cnn1C. The predicted molar refractivity (Wildman–Crippen MR) is 105 cm³/mol. The Bertz CT molecular complexity index is 953. The second-order valence-corrected chi connectivity index (χ2v) is 9.52. The molecule has 0 radical (unpaired) electrons. The van der Waals surface area contributed by atoms with Gasteiger partial charge in [0.15, 0.2) is 0 Å². The second kappa shape index (κ2) is 7.41. The molecule has 2 saturated heterocycles. The minimum absolute atomic E-state index is 0.0214. The quantitative estimate of drug-likeness (QED) is 0.770. The van der Waals surface area contributed by atoms with Crippen LogP contribution < -0.4 is 10.6 Å². The van der Waals surface area contributed by atoms with Gasteiger partial charge in [0.05, 0.1) is 17.6 Å². The van der Waals surface area contributed by atoms with Crippen molar-refractivity contribution >= 4 is 16.0 Å². The average Bonchev–Trinajstić information content (AvgIpc) is 3.43. The Hall–Kier alpha value is -2.04. The van der Waals surface area contributed by atoms with Gasteiger partial charge in [-0.15, -0.1) is 0 Å². The van der Waals surface area contributed by atoms with Crippen molar-refractivity contribution in [3.8, 4) is 0 Å². The highest BCUT2D eigenvalue weighted by atomic mass is 32.2. The molecule has 0 bridgehead atoms. The number of aromatic nitrogens is 4. The first-order valence-corrected chi connectivity index (χ1v) is 11.1. The molecule has 0 aliphatic carbocycles. The molecule has 0 saturated carbocycles. The third-order valence-corrected chi connectivity index (χ3v) is 7.89. The molecule has 4 rings (SSSR count). The van der Waals surface area contributed by atoms with Crippen LogP contribution in [-0.4, -0.2) is 65.2 Å². The molecule has 2 aliphatic rings. The van der Waals surface area contributed by atoms with Gasteiger partial charge in [0.25, 0.3) is 0 Å². The summed E-state index contributed by atoms with van der Waals surface area (Å²) < 4.78 is 29.4. The molecule has 0 unspecified atom stereocenters. The average molecular weight is 406 g/mol. The number of aryl methyl sites for hydroxylation is 1. The van der Waals surface area contributed by atoms with Crippen molar-refractivity contribution in [2.75, 3.05) is 37.6 Å². The van der Waals surface area contributed by atoms with Crippen LogP contribution in [0.4, 0.5) is 5.95 Å². The maximum atomic E-state index is 13.2. The zero-order chi connectivity index (χ0) is 19.9. The Balaban J connectivity index is 1.61. The zero-order valence-corrected chi connectivity index (χ0v) is 17.1. The molecule has 2 aliphatic heterocycles. The predicted octanol–water partition coefficient (Wildman–Crippen LogP) is 0.482. The fraction of sp³-hybridized carbons (Fsp3) is 0.611. The second-order valence-electron chi connectivity index (χ2n) is 7.62. The molecule has 0 aromatic carbocycles. The van der Waals surface area contributed by atoms with E-state index in [1.54, 1.807) is 24.9 Å². The third-order valence-electron chi connectivity index (χ3n) is 5.95. The van der Waals surface area contributed by atoms with E-state index in [1.807, 2.05) is 6.07 Å². The molecule has 2 N–H and O–H groups in total. The standard InChI is InChI=1S/C18H27N7O2S/c1-13-17(10-21-23(13)2)28(26,27)25-11-14(9-19)15(12-25)16-5-6-20-18(22-16)24-7-3-4-8-24/h5-6,10,14-15H,3-4,7-9,11-12,19H2,1-2H3/t14-,15-/m0/s1. The van der Waals surface area contributed by atoms with E-state index in [-0.39, 0.29) is 16.7 Å². The molecule has 10 heteroatoms. The molecule has 2 aromatic heterocycles. The number of hydrogen-bond acceptors (Lipinski definition) is 7. The lowest BCUT2D eigenvalue weighted by atomic mass is 9.93. The first-order valence-electron chi connectivity index (χ1n) is 9.68. The first kappa shape index (κ1) is 19.3. The number of nitrogens with zero attached hydrogens (tertiary/aromatic N) is 6. The van der Waals surface area contributed by atoms with E-state index in [1.165, 1.54) is 10.5 Å². The van der Waals surface area contributed by atoms with Gasteiger partial charge in [0, 0.05) is 45.3 Å². The minimum atomic E-state index is -3.62. The molecular formula is C18H27N7O2S. The van der Waals surface area contributed by atoms with Crippen LogP contribution in [0.2, 0.25) is 0 Å². The van der Waals surface area contributed by atoms with Crippen LogP contribution in [0.3, 0.4) is 0 Å². The first-order chi connectivity index (χ1) is 13.4. The Morgan fingerprint density at radius 2 is 2.00 bits per heavy atom. The lowest BCUT2D eigenvalue weighted by Gasteiger charge is -2.19. The van der Waals surface area contributed by atoms with E-state index < -0.39 is 10.0 Å². The highest BCUT2D eigenvalue weighted by molar-refractivity contribution is 7.89. The summed E-state index contributed by atoms with van der Waals surface area (Å²) in [5, 5.41) is 4.09. The smallest absolute Gasteiger partial charge is 0.246 e. The molecule has 28 heavy (non-hydrogen) atoms. The highest BCUT2D eigenvalue weighted by Crippen LogP contribution is 2.35. The lowest BCUT2D eigenvalue weighted by molar-refractivity contribution is 0.458. The van der Waals surface area contributed by atoms with Gasteiger partial charge >= 0.3 is 0 Å². The fourth-order valence-electron chi connectivity index (χ4n) is 4.11. The summed E-state index contributed by atoms with van der Waals surface area (Å²) in [6, 6.07) is 1.89. The van der Waals surface area contributed by atoms with Crippen molar-refractivity contribution in [1.29, 1.82) is 0 Å². The Kier molecular flexibility index (Phi) is 5.11. The molecule has 152 valence electrons. The molecule has 9 nitrogen and oxygen atoms in total. The van der Waals surface area contributed by atoms with Crippen molar-refractivity contribution in [2.24, 2.45) is 18.7 Å². The molecular weight excluding hydrogens is 378 g/mol. The summed E-state index contributed by atoms with van der Waals surface area (Å²) in [7, 11) is -1.88. The van der Waals surface area contributed by atoms with Gasteiger partial charge in [-0.1, -0.05) is 0 Å². The monoisotopic (exact) mass is 405 g/mol. The van der Waals surface area contributed by atoms with Crippen LogP contribution in [0, 0.1) is 12.8 Å². The molecule has 0 spiro atoms. The van der Waals surface area contributed by atoms with E-state index in [4.69, 9.17) is 10.7 Å². The van der Waals surface area contributed by atoms with Crippen molar-refractivity contribution in [3.05, 3.63) is 29.8 Å². The number of nitrogens with two attached hydrogens (primary N) is 1. The lowest BCUT2D eigenvalue weighted by Crippen LogP contribution is -2.30. The van der Waals surface area contributed by atoms with Gasteiger partial charge in [0.1, 0.15) is 4.90 Å². The third kappa shape index (κ3) is 3.29. The van der Waals surface area contributed by atoms with Gasteiger partial charge in [-0.25, -0.2) is 18.4 Å². The Morgan fingerprint density at radius 3 is 2.64 bits per heavy atom. The van der Waals surface area contributed by atoms with E-state index in [2.05, 4.69) is 15.0 Å². The Morgan fingerprint density at radius 1 is 1.25 bits per heavy atom. The highest BCUT2D eigenvalue weighted by Gasteiger charge is 2.41. The molecule has 0 amide bonds. The van der Waals surface area contributed by atoms with Crippen LogP contribution in [0.15, 0.2) is 23.4 Å². The van der Waals surface area contributed by atoms with Crippen LogP contribution in [0.1, 0.15) is 30.1 Å². The topological polar surface area (TPSA) is 110 Å². The van der Waals surface area contributed by atoms with Crippen LogP contribution in [0.25, 0.3) is 0 Å². The molecule has 4 heterocycles. The van der Waals surface area contributed by atoms with Crippen molar-refractivity contribution < 1.29 is 8.42 Å². The summed E-state index contributed by atoms with van der Waals surface area (Å²) >= 11 is 0. The summed E-state index contributed by atoms with van der Waals surface area (Å²) in [6.45, 7) is 4.87. The summed E-state index contributed by atoms with van der Waals surface area (Å²) in [4.78, 5) is 11.6. The van der Waals surface area contributed by atoms with Crippen molar-refractivity contribution in [2.45, 2.75) is 30.6 Å². The van der Waals surface area contributed by atoms with Gasteiger partial charge in [0.2, 0.25) is 16.0 Å². The van der Waals surface area contributed by atoms with E-state index in [0.717, 1.165) is 37.6 Å². The van der Waals surface area contributed by atoms with E-state index in [0.29, 0.717) is 25.3 Å². The number of anilines is 1. The summed E-state index contributed by atoms with van der Waals surface area (Å²) in [5.74, 6) is 0.712. The number of sulfonamides is 1. The molecule has 2 atom stereocenters. The normalized spacial score (nSPS) is 23.6. The van der Waals surface area contributed by atoms with Crippen molar-refractivity contribution in [3.63, 3.8) is 0 Å². The molecule has 2 fully saturated rings.